The highest BCUT2D eigenvalue weighted by atomic mass is 19.3. The van der Waals surface area contributed by atoms with Gasteiger partial charge in [0.05, 0.1) is 23.3 Å². The minimum absolute atomic E-state index is 0.00139. The second kappa shape index (κ2) is 12.7. The molecule has 9 nitrogen and oxygen atoms in total. The highest BCUT2D eigenvalue weighted by Gasteiger charge is 2.70. The van der Waals surface area contributed by atoms with Crippen molar-refractivity contribution in [3.05, 3.63) is 53.2 Å². The minimum Gasteiger partial charge on any atom is -0.463 e. The lowest BCUT2D eigenvalue weighted by Crippen LogP contribution is -2.55. The largest absolute Gasteiger partial charge is 0.463 e. The molecule has 5 aliphatic rings. The van der Waals surface area contributed by atoms with Crippen molar-refractivity contribution in [3.8, 4) is 29.6 Å². The van der Waals surface area contributed by atoms with E-state index in [9.17, 15) is 13.6 Å². The van der Waals surface area contributed by atoms with Crippen LogP contribution in [0.15, 0.2) is 30.3 Å². The minimum atomic E-state index is -2.54. The number of benzene rings is 2. The summed E-state index contributed by atoms with van der Waals surface area (Å²) in [6.45, 7) is 8.96. The molecule has 55 heavy (non-hydrogen) atoms. The number of rotatable bonds is 6. The SMILES string of the molecule is C#Cc1c(F)ccc2cccc(-c3nc4c5c(nc(OCC6(CN7CCC8(CC7)CC8(F)F)CC6)nc5c3F)N3CCN(C(=O)OC(C)(C)C)CC3CC4)c12. The second-order valence-electron chi connectivity index (χ2n) is 17.3. The summed E-state index contributed by atoms with van der Waals surface area (Å²) >= 11 is 0. The van der Waals surface area contributed by atoms with Crippen LogP contribution in [-0.2, 0) is 11.2 Å². The van der Waals surface area contributed by atoms with Crippen molar-refractivity contribution in [1.29, 1.82) is 0 Å². The van der Waals surface area contributed by atoms with Gasteiger partial charge in [-0.15, -0.1) is 6.42 Å². The number of alkyl halides is 2. The van der Waals surface area contributed by atoms with E-state index in [-0.39, 0.29) is 40.7 Å². The van der Waals surface area contributed by atoms with Crippen molar-refractivity contribution >= 4 is 33.6 Å². The number of halogens is 4. The lowest BCUT2D eigenvalue weighted by molar-refractivity contribution is 0.0212. The van der Waals surface area contributed by atoms with E-state index in [1.807, 2.05) is 20.8 Å². The van der Waals surface area contributed by atoms with E-state index >= 15 is 8.78 Å². The molecule has 1 amide bonds. The molecule has 2 aliphatic carbocycles. The van der Waals surface area contributed by atoms with Gasteiger partial charge in [0, 0.05) is 60.4 Å². The van der Waals surface area contributed by atoms with E-state index < -0.39 is 34.7 Å². The van der Waals surface area contributed by atoms with Gasteiger partial charge in [-0.3, -0.25) is 0 Å². The van der Waals surface area contributed by atoms with Gasteiger partial charge in [-0.05, 0) is 83.8 Å². The molecule has 4 fully saturated rings. The summed E-state index contributed by atoms with van der Waals surface area (Å²) in [6, 6.07) is 8.01. The molecule has 13 heteroatoms. The Hall–Kier alpha value is -4.70. The van der Waals surface area contributed by atoms with Crippen molar-refractivity contribution in [3.63, 3.8) is 0 Å². The average Bonchev–Trinajstić information content (AvgIpc) is 4.04. The highest BCUT2D eigenvalue weighted by Crippen LogP contribution is 2.66. The third-order valence-electron chi connectivity index (χ3n) is 12.4. The Morgan fingerprint density at radius 2 is 1.76 bits per heavy atom. The molecular formula is C42H44F4N6O3. The molecule has 1 unspecified atom stereocenters. The van der Waals surface area contributed by atoms with Crippen LogP contribution < -0.4 is 9.64 Å². The Bertz CT molecular complexity index is 2270. The molecule has 0 N–H and O–H groups in total. The van der Waals surface area contributed by atoms with Gasteiger partial charge in [0.25, 0.3) is 5.92 Å². The lowest BCUT2D eigenvalue weighted by atomic mass is 9.92. The monoisotopic (exact) mass is 756 g/mol. The fourth-order valence-corrected chi connectivity index (χ4v) is 8.99. The van der Waals surface area contributed by atoms with Crippen LogP contribution in [0.1, 0.15) is 70.6 Å². The molecule has 0 radical (unpaired) electrons. The standard InChI is InChI=1S/C42H44F4N6O3/c1-5-27-29(43)11-9-25-7-6-8-28(31(25)27)34-33(44)35-32-30(47-34)12-10-26-21-51(38(53)55-39(2,3)4)19-20-52(26)36(32)49-37(48-35)54-24-40(13-14-40)23-50-17-15-41(16-18-50)22-42(41,45)46/h1,6-9,11,26H,10,12-24H2,2-4H3. The van der Waals surface area contributed by atoms with Gasteiger partial charge < -0.3 is 24.2 Å². The maximum atomic E-state index is 17.2. The maximum absolute atomic E-state index is 17.2. The molecule has 9 rings (SSSR count). The number of terminal acetylenes is 1. The van der Waals surface area contributed by atoms with Crippen molar-refractivity contribution in [1.82, 2.24) is 24.8 Å². The van der Waals surface area contributed by atoms with E-state index in [0.717, 1.165) is 19.4 Å². The summed E-state index contributed by atoms with van der Waals surface area (Å²) < 4.78 is 72.5. The molecule has 1 spiro atoms. The number of hydrogen-bond acceptors (Lipinski definition) is 8. The first-order chi connectivity index (χ1) is 26.2. The maximum Gasteiger partial charge on any atom is 0.410 e. The number of aryl methyl sites for hydroxylation is 1. The van der Waals surface area contributed by atoms with Gasteiger partial charge in [0.15, 0.2) is 5.82 Å². The van der Waals surface area contributed by atoms with Crippen LogP contribution in [-0.4, -0.2) is 94.3 Å². The number of piperazine rings is 1. The number of ether oxygens (including phenoxy) is 2. The predicted molar refractivity (Wildman–Crippen MR) is 200 cm³/mol. The quantitative estimate of drug-likeness (QED) is 0.146. The molecule has 0 bridgehead atoms. The number of hydrogen-bond donors (Lipinski definition) is 0. The Balaban J connectivity index is 1.08. The summed E-state index contributed by atoms with van der Waals surface area (Å²) in [7, 11) is 0. The molecule has 2 saturated heterocycles. The van der Waals surface area contributed by atoms with E-state index in [1.165, 1.54) is 6.07 Å². The number of anilines is 1. The normalized spacial score (nSPS) is 22.3. The molecule has 2 aromatic carbocycles. The van der Waals surface area contributed by atoms with Crippen molar-refractivity contribution in [2.75, 3.05) is 50.8 Å². The number of amides is 1. The molecule has 1 atom stereocenters. The van der Waals surface area contributed by atoms with E-state index in [4.69, 9.17) is 30.8 Å². The fourth-order valence-electron chi connectivity index (χ4n) is 8.99. The number of carbonyl (C=O) groups excluding carboxylic acids is 1. The van der Waals surface area contributed by atoms with Crippen molar-refractivity contribution < 1.29 is 31.8 Å². The van der Waals surface area contributed by atoms with Gasteiger partial charge >= 0.3 is 12.1 Å². The zero-order chi connectivity index (χ0) is 38.5. The van der Waals surface area contributed by atoms with Crippen LogP contribution in [0, 0.1) is 34.8 Å². The number of aromatic nitrogens is 3. The fraction of sp³-hybridized carbons (Fsp3) is 0.524. The van der Waals surface area contributed by atoms with Crippen LogP contribution in [0.3, 0.4) is 0 Å². The number of piperidine rings is 1. The molecular weight excluding hydrogens is 712 g/mol. The number of fused-ring (bicyclic) bond motifs is 3. The molecule has 2 saturated carbocycles. The van der Waals surface area contributed by atoms with E-state index in [2.05, 4.69) is 15.7 Å². The third-order valence-corrected chi connectivity index (χ3v) is 12.4. The Kier molecular flexibility index (Phi) is 8.28. The number of likely N-dealkylation sites (tertiary alicyclic amines) is 1. The van der Waals surface area contributed by atoms with Crippen LogP contribution in [0.25, 0.3) is 32.9 Å². The van der Waals surface area contributed by atoms with Gasteiger partial charge in [-0.2, -0.15) is 9.97 Å². The third kappa shape index (κ3) is 6.30. The van der Waals surface area contributed by atoms with Gasteiger partial charge in [0.1, 0.15) is 28.4 Å². The van der Waals surface area contributed by atoms with Gasteiger partial charge in [-0.1, -0.05) is 30.2 Å². The zero-order valence-corrected chi connectivity index (χ0v) is 31.4. The van der Waals surface area contributed by atoms with Crippen LogP contribution in [0.5, 0.6) is 6.01 Å². The number of carbonyl (C=O) groups is 1. The summed E-state index contributed by atoms with van der Waals surface area (Å²) in [5, 5.41) is 1.51. The first-order valence-electron chi connectivity index (χ1n) is 19.2. The lowest BCUT2D eigenvalue weighted by Gasteiger charge is -2.41. The first-order valence-corrected chi connectivity index (χ1v) is 19.2. The molecule has 4 aromatic rings. The van der Waals surface area contributed by atoms with E-state index in [0.29, 0.717) is 98.2 Å². The average molecular weight is 757 g/mol. The van der Waals surface area contributed by atoms with Crippen LogP contribution >= 0.6 is 0 Å². The Morgan fingerprint density at radius 3 is 2.45 bits per heavy atom. The molecule has 3 aliphatic heterocycles. The Labute approximate surface area is 317 Å². The Morgan fingerprint density at radius 1 is 1.00 bits per heavy atom. The number of nitrogens with zero attached hydrogens (tertiary/aromatic N) is 6. The molecule has 5 heterocycles. The predicted octanol–water partition coefficient (Wildman–Crippen LogP) is 7.76. The second-order valence-corrected chi connectivity index (χ2v) is 17.3. The number of pyridine rings is 1. The first kappa shape index (κ1) is 36.0. The highest BCUT2D eigenvalue weighted by molar-refractivity contribution is 6.02. The van der Waals surface area contributed by atoms with Crippen LogP contribution in [0.2, 0.25) is 0 Å². The van der Waals surface area contributed by atoms with Crippen molar-refractivity contribution in [2.24, 2.45) is 10.8 Å². The van der Waals surface area contributed by atoms with Gasteiger partial charge in [-0.25, -0.2) is 27.3 Å². The summed E-state index contributed by atoms with van der Waals surface area (Å²) in [6.07, 6.45) is 9.26. The van der Waals surface area contributed by atoms with Crippen molar-refractivity contribution in [2.45, 2.75) is 83.3 Å². The van der Waals surface area contributed by atoms with E-state index in [1.54, 1.807) is 29.2 Å². The zero-order valence-electron chi connectivity index (χ0n) is 31.4. The smallest absolute Gasteiger partial charge is 0.410 e. The topological polar surface area (TPSA) is 83.9 Å². The summed E-state index contributed by atoms with van der Waals surface area (Å²) in [5.74, 6) is -0.875. The van der Waals surface area contributed by atoms with Crippen LogP contribution in [0.4, 0.5) is 28.2 Å². The molecule has 2 aromatic heterocycles. The van der Waals surface area contributed by atoms with Gasteiger partial charge in [0.2, 0.25) is 0 Å². The molecule has 288 valence electrons. The summed E-state index contributed by atoms with van der Waals surface area (Å²) in [4.78, 5) is 33.8. The summed E-state index contributed by atoms with van der Waals surface area (Å²) in [5.41, 5.74) is -0.624.